The van der Waals surface area contributed by atoms with Crippen LogP contribution in [0.4, 0.5) is 0 Å². The largest absolute Gasteiger partial charge is 0.481 e. The Bertz CT molecular complexity index is 812. The van der Waals surface area contributed by atoms with Crippen LogP contribution < -0.4 is 5.43 Å². The Morgan fingerprint density at radius 1 is 1.22 bits per heavy atom. The SMILES string of the molecule is O=C(O)[C@H]1CCCN(C(=O)Cn2ccc(=O)c3ccccc32)C1. The smallest absolute Gasteiger partial charge is 0.308 e. The Kier molecular flexibility index (Phi) is 4.14. The molecule has 1 atom stereocenters. The number of aromatic nitrogens is 1. The quantitative estimate of drug-likeness (QED) is 0.927. The van der Waals surface area contributed by atoms with E-state index in [1.807, 2.05) is 6.07 Å². The van der Waals surface area contributed by atoms with Crippen LogP contribution in [0.2, 0.25) is 0 Å². The molecule has 120 valence electrons. The zero-order chi connectivity index (χ0) is 16.4. The number of hydrogen-bond donors (Lipinski definition) is 1. The molecule has 1 aromatic carbocycles. The van der Waals surface area contributed by atoms with Gasteiger partial charge in [0.25, 0.3) is 0 Å². The molecule has 2 aromatic rings. The van der Waals surface area contributed by atoms with Crippen molar-refractivity contribution in [1.29, 1.82) is 0 Å². The highest BCUT2D eigenvalue weighted by atomic mass is 16.4. The minimum Gasteiger partial charge on any atom is -0.481 e. The second kappa shape index (κ2) is 6.24. The lowest BCUT2D eigenvalue weighted by atomic mass is 9.98. The number of piperidine rings is 1. The number of hydrogen-bond acceptors (Lipinski definition) is 3. The number of carboxylic acid groups (broad SMARTS) is 1. The topological polar surface area (TPSA) is 79.6 Å². The van der Waals surface area contributed by atoms with E-state index in [1.54, 1.807) is 33.9 Å². The van der Waals surface area contributed by atoms with E-state index in [4.69, 9.17) is 5.11 Å². The maximum absolute atomic E-state index is 12.5. The summed E-state index contributed by atoms with van der Waals surface area (Å²) in [6.45, 7) is 0.945. The van der Waals surface area contributed by atoms with Gasteiger partial charge in [0.2, 0.25) is 5.91 Å². The number of nitrogens with zero attached hydrogens (tertiary/aromatic N) is 2. The number of carbonyl (C=O) groups is 2. The van der Waals surface area contributed by atoms with Gasteiger partial charge < -0.3 is 14.6 Å². The Labute approximate surface area is 132 Å². The molecule has 23 heavy (non-hydrogen) atoms. The maximum atomic E-state index is 12.5. The van der Waals surface area contributed by atoms with Crippen LogP contribution in [0.3, 0.4) is 0 Å². The van der Waals surface area contributed by atoms with Crippen molar-refractivity contribution in [2.24, 2.45) is 5.92 Å². The van der Waals surface area contributed by atoms with E-state index < -0.39 is 11.9 Å². The van der Waals surface area contributed by atoms with Crippen LogP contribution >= 0.6 is 0 Å². The minimum atomic E-state index is -0.851. The molecule has 6 nitrogen and oxygen atoms in total. The van der Waals surface area contributed by atoms with Gasteiger partial charge in [-0.05, 0) is 25.0 Å². The van der Waals surface area contributed by atoms with Crippen molar-refractivity contribution < 1.29 is 14.7 Å². The van der Waals surface area contributed by atoms with Crippen molar-refractivity contribution in [2.45, 2.75) is 19.4 Å². The molecule has 1 aliphatic rings. The molecule has 6 heteroatoms. The highest BCUT2D eigenvalue weighted by Crippen LogP contribution is 2.17. The molecule has 1 fully saturated rings. The average Bonchev–Trinajstić information content (AvgIpc) is 2.57. The monoisotopic (exact) mass is 314 g/mol. The van der Waals surface area contributed by atoms with E-state index in [2.05, 4.69) is 0 Å². The lowest BCUT2D eigenvalue weighted by molar-refractivity contribution is -0.145. The van der Waals surface area contributed by atoms with Crippen molar-refractivity contribution in [3.8, 4) is 0 Å². The third-order valence-electron chi connectivity index (χ3n) is 4.31. The first-order valence-electron chi connectivity index (χ1n) is 7.65. The number of rotatable bonds is 3. The van der Waals surface area contributed by atoms with Gasteiger partial charge in [-0.25, -0.2) is 0 Å². The molecule has 0 spiro atoms. The maximum Gasteiger partial charge on any atom is 0.308 e. The van der Waals surface area contributed by atoms with E-state index in [0.717, 1.165) is 0 Å². The molecule has 1 saturated heterocycles. The summed E-state index contributed by atoms with van der Waals surface area (Å²) in [7, 11) is 0. The molecule has 3 rings (SSSR count). The number of carboxylic acids is 1. The summed E-state index contributed by atoms with van der Waals surface area (Å²) in [6, 6.07) is 8.61. The Morgan fingerprint density at radius 2 is 2.00 bits per heavy atom. The second-order valence-corrected chi connectivity index (χ2v) is 5.84. The van der Waals surface area contributed by atoms with Crippen molar-refractivity contribution in [3.05, 3.63) is 46.8 Å². The highest BCUT2D eigenvalue weighted by molar-refractivity contribution is 5.82. The molecular formula is C17H18N2O4. The van der Waals surface area contributed by atoms with E-state index in [0.29, 0.717) is 30.3 Å². The van der Waals surface area contributed by atoms with Crippen LogP contribution in [0.25, 0.3) is 10.9 Å². The van der Waals surface area contributed by atoms with Crippen LogP contribution in [0.5, 0.6) is 0 Å². The zero-order valence-electron chi connectivity index (χ0n) is 12.6. The van der Waals surface area contributed by atoms with Crippen molar-refractivity contribution in [2.75, 3.05) is 13.1 Å². The highest BCUT2D eigenvalue weighted by Gasteiger charge is 2.28. The number of aliphatic carboxylic acids is 1. The summed E-state index contributed by atoms with van der Waals surface area (Å²) in [6.07, 6.45) is 2.93. The van der Waals surface area contributed by atoms with Crippen LogP contribution in [-0.2, 0) is 16.1 Å². The van der Waals surface area contributed by atoms with Gasteiger partial charge in [0.05, 0.1) is 11.4 Å². The fourth-order valence-corrected chi connectivity index (χ4v) is 3.05. The van der Waals surface area contributed by atoms with Crippen LogP contribution in [0, 0.1) is 5.92 Å². The van der Waals surface area contributed by atoms with Gasteiger partial charge in [-0.1, -0.05) is 12.1 Å². The molecule has 1 N–H and O–H groups in total. The number of fused-ring (bicyclic) bond motifs is 1. The first-order valence-corrected chi connectivity index (χ1v) is 7.65. The molecular weight excluding hydrogens is 296 g/mol. The van der Waals surface area contributed by atoms with Crippen LogP contribution in [-0.4, -0.2) is 39.5 Å². The fourth-order valence-electron chi connectivity index (χ4n) is 3.05. The van der Waals surface area contributed by atoms with E-state index in [9.17, 15) is 14.4 Å². The fraction of sp³-hybridized carbons (Fsp3) is 0.353. The molecule has 1 aliphatic heterocycles. The molecule has 0 unspecified atom stereocenters. The number of para-hydroxylation sites is 1. The third-order valence-corrected chi connectivity index (χ3v) is 4.31. The Morgan fingerprint density at radius 3 is 2.78 bits per heavy atom. The molecule has 0 bridgehead atoms. The summed E-state index contributed by atoms with van der Waals surface area (Å²) in [4.78, 5) is 37.1. The van der Waals surface area contributed by atoms with Crippen molar-refractivity contribution in [3.63, 3.8) is 0 Å². The molecule has 0 aliphatic carbocycles. The lowest BCUT2D eigenvalue weighted by Gasteiger charge is -2.31. The molecule has 1 amide bonds. The zero-order valence-corrected chi connectivity index (χ0v) is 12.6. The van der Waals surface area contributed by atoms with Crippen molar-refractivity contribution >= 4 is 22.8 Å². The van der Waals surface area contributed by atoms with Gasteiger partial charge in [-0.15, -0.1) is 0 Å². The molecule has 0 radical (unpaired) electrons. The Hall–Kier alpha value is -2.63. The average molecular weight is 314 g/mol. The summed E-state index contributed by atoms with van der Waals surface area (Å²) in [5, 5.41) is 9.70. The summed E-state index contributed by atoms with van der Waals surface area (Å²) in [5.74, 6) is -1.46. The number of pyridine rings is 1. The number of amides is 1. The molecule has 1 aromatic heterocycles. The van der Waals surface area contributed by atoms with Crippen LogP contribution in [0.1, 0.15) is 12.8 Å². The van der Waals surface area contributed by atoms with Gasteiger partial charge >= 0.3 is 5.97 Å². The first-order chi connectivity index (χ1) is 11.1. The lowest BCUT2D eigenvalue weighted by Crippen LogP contribution is -2.43. The van der Waals surface area contributed by atoms with Gasteiger partial charge in [-0.2, -0.15) is 0 Å². The predicted molar refractivity (Wildman–Crippen MR) is 85.1 cm³/mol. The Balaban J connectivity index is 1.82. The van der Waals surface area contributed by atoms with Gasteiger partial charge in [0.15, 0.2) is 5.43 Å². The van der Waals surface area contributed by atoms with Gasteiger partial charge in [0.1, 0.15) is 6.54 Å². The van der Waals surface area contributed by atoms with E-state index in [-0.39, 0.29) is 24.4 Å². The second-order valence-electron chi connectivity index (χ2n) is 5.84. The van der Waals surface area contributed by atoms with E-state index in [1.165, 1.54) is 6.07 Å². The normalized spacial score (nSPS) is 18.1. The van der Waals surface area contributed by atoms with E-state index >= 15 is 0 Å². The standard InChI is InChI=1S/C17H18N2O4/c20-15-7-9-18(14-6-2-1-5-13(14)15)11-16(21)19-8-3-4-12(10-19)17(22)23/h1-2,5-7,9,12H,3-4,8,10-11H2,(H,22,23)/t12-/m0/s1. The number of carbonyl (C=O) groups excluding carboxylic acids is 1. The summed E-state index contributed by atoms with van der Waals surface area (Å²) >= 11 is 0. The molecule has 2 heterocycles. The summed E-state index contributed by atoms with van der Waals surface area (Å²) in [5.41, 5.74) is 0.633. The van der Waals surface area contributed by atoms with Crippen LogP contribution in [0.15, 0.2) is 41.3 Å². The minimum absolute atomic E-state index is 0.0757. The van der Waals surface area contributed by atoms with Gasteiger partial charge in [0, 0.05) is 30.7 Å². The number of benzene rings is 1. The van der Waals surface area contributed by atoms with Gasteiger partial charge in [-0.3, -0.25) is 14.4 Å². The first kappa shape index (κ1) is 15.3. The predicted octanol–water partition coefficient (Wildman–Crippen LogP) is 1.32. The molecule has 0 saturated carbocycles. The summed E-state index contributed by atoms with van der Waals surface area (Å²) < 4.78 is 1.74. The number of likely N-dealkylation sites (tertiary alicyclic amines) is 1. The third kappa shape index (κ3) is 3.11. The van der Waals surface area contributed by atoms with Crippen molar-refractivity contribution in [1.82, 2.24) is 9.47 Å².